The van der Waals surface area contributed by atoms with Crippen molar-refractivity contribution in [2.45, 2.75) is 57.3 Å². The highest BCUT2D eigenvalue weighted by atomic mass is 32.1. The van der Waals surface area contributed by atoms with Gasteiger partial charge in [0.1, 0.15) is 28.7 Å². The van der Waals surface area contributed by atoms with E-state index in [-0.39, 0.29) is 10.9 Å². The summed E-state index contributed by atoms with van der Waals surface area (Å²) < 4.78 is 38.6. The second-order valence-corrected chi connectivity index (χ2v) is 10.7. The molecular weight excluding hydrogens is 499 g/mol. The lowest BCUT2D eigenvalue weighted by molar-refractivity contribution is -0.126. The van der Waals surface area contributed by atoms with Crippen LogP contribution in [-0.4, -0.2) is 46.3 Å². The summed E-state index contributed by atoms with van der Waals surface area (Å²) in [5.74, 6) is 0.596. The van der Waals surface area contributed by atoms with Crippen molar-refractivity contribution in [3.8, 4) is 6.07 Å². The van der Waals surface area contributed by atoms with Gasteiger partial charge in [-0.05, 0) is 62.4 Å². The fourth-order valence-electron chi connectivity index (χ4n) is 5.38. The van der Waals surface area contributed by atoms with Gasteiger partial charge in [0, 0.05) is 46.6 Å². The molecule has 1 saturated carbocycles. The zero-order chi connectivity index (χ0) is 26.2. The molecule has 1 aromatic carbocycles. The molecule has 4 N–H and O–H groups in total. The van der Waals surface area contributed by atoms with Crippen LogP contribution >= 0.6 is 11.3 Å². The Hall–Kier alpha value is -3.36. The maximum Gasteiger partial charge on any atom is 0.393 e. The van der Waals surface area contributed by atoms with Crippen LogP contribution in [0.1, 0.15) is 41.8 Å². The van der Waals surface area contributed by atoms with E-state index in [1.54, 1.807) is 6.07 Å². The molecule has 1 fully saturated rings. The molecule has 0 saturated heterocycles. The van der Waals surface area contributed by atoms with Gasteiger partial charge >= 0.3 is 6.18 Å². The van der Waals surface area contributed by atoms with Gasteiger partial charge in [-0.2, -0.15) is 18.4 Å². The molecule has 1 aliphatic rings. The van der Waals surface area contributed by atoms with Crippen molar-refractivity contribution in [3.63, 3.8) is 0 Å². The van der Waals surface area contributed by atoms with Crippen LogP contribution in [0.4, 0.5) is 24.7 Å². The van der Waals surface area contributed by atoms with Gasteiger partial charge in [-0.15, -0.1) is 11.3 Å². The molecule has 0 amide bonds. The molecule has 5 rings (SSSR count). The standard InChI is InChI=1S/C26H28F3N7S/c1-15-20-10-17(13-31)34-22(20)6-7-23(15)36(9-8-30)18-4-2-16(3-5-18)35-24-21-11-19(12-26(27,28)29)37-25(21)33-14-32-24/h6-7,10-11,14,16,18,34H,2-5,8-9,12,30H2,1H3,(H,32,33,35). The Morgan fingerprint density at radius 2 is 1.97 bits per heavy atom. The third-order valence-electron chi connectivity index (χ3n) is 7.08. The van der Waals surface area contributed by atoms with Crippen LogP contribution in [0.2, 0.25) is 0 Å². The number of nitrogens with one attached hydrogen (secondary N) is 2. The van der Waals surface area contributed by atoms with Crippen molar-refractivity contribution in [1.29, 1.82) is 5.26 Å². The number of benzene rings is 1. The maximum atomic E-state index is 12.9. The van der Waals surface area contributed by atoms with Crippen LogP contribution in [0.25, 0.3) is 21.1 Å². The number of anilines is 2. The Morgan fingerprint density at radius 3 is 2.68 bits per heavy atom. The van der Waals surface area contributed by atoms with Gasteiger partial charge < -0.3 is 20.9 Å². The van der Waals surface area contributed by atoms with E-state index in [0.29, 0.717) is 34.3 Å². The molecule has 37 heavy (non-hydrogen) atoms. The highest BCUT2D eigenvalue weighted by Crippen LogP contribution is 2.36. The number of nitrogens with zero attached hydrogens (tertiary/aromatic N) is 4. The number of fused-ring (bicyclic) bond motifs is 2. The van der Waals surface area contributed by atoms with Gasteiger partial charge in [-0.3, -0.25) is 0 Å². The zero-order valence-electron chi connectivity index (χ0n) is 20.4. The van der Waals surface area contributed by atoms with E-state index < -0.39 is 12.6 Å². The van der Waals surface area contributed by atoms with Crippen molar-refractivity contribution in [3.05, 3.63) is 46.7 Å². The topological polar surface area (TPSA) is 107 Å². The average Bonchev–Trinajstić information content (AvgIpc) is 3.47. The van der Waals surface area contributed by atoms with Crippen LogP contribution in [0.3, 0.4) is 0 Å². The summed E-state index contributed by atoms with van der Waals surface area (Å²) in [5.41, 5.74) is 9.74. The molecule has 0 bridgehead atoms. The highest BCUT2D eigenvalue weighted by molar-refractivity contribution is 7.18. The first-order chi connectivity index (χ1) is 17.8. The number of H-pyrrole nitrogens is 1. The van der Waals surface area contributed by atoms with E-state index in [1.165, 1.54) is 6.33 Å². The summed E-state index contributed by atoms with van der Waals surface area (Å²) >= 11 is 1.06. The van der Waals surface area contributed by atoms with E-state index in [1.807, 2.05) is 12.1 Å². The minimum atomic E-state index is -4.25. The molecule has 0 aliphatic heterocycles. The van der Waals surface area contributed by atoms with E-state index in [9.17, 15) is 18.4 Å². The minimum absolute atomic E-state index is 0.173. The highest BCUT2D eigenvalue weighted by Gasteiger charge is 2.30. The van der Waals surface area contributed by atoms with Gasteiger partial charge in [-0.25, -0.2) is 9.97 Å². The molecule has 7 nitrogen and oxygen atoms in total. The Labute approximate surface area is 216 Å². The number of aromatic amines is 1. The number of thiophene rings is 1. The average molecular weight is 528 g/mol. The quantitative estimate of drug-likeness (QED) is 0.287. The predicted octanol–water partition coefficient (Wildman–Crippen LogP) is 5.65. The largest absolute Gasteiger partial charge is 0.393 e. The molecule has 0 atom stereocenters. The van der Waals surface area contributed by atoms with Gasteiger partial charge in [-0.1, -0.05) is 0 Å². The maximum absolute atomic E-state index is 12.9. The number of hydrogen-bond donors (Lipinski definition) is 3. The molecule has 0 radical (unpaired) electrons. The molecular formula is C26H28F3N7S. The summed E-state index contributed by atoms with van der Waals surface area (Å²) in [6.45, 7) is 3.34. The number of alkyl halides is 3. The molecule has 4 aromatic rings. The predicted molar refractivity (Wildman–Crippen MR) is 141 cm³/mol. The van der Waals surface area contributed by atoms with Crippen molar-refractivity contribution < 1.29 is 13.2 Å². The summed E-state index contributed by atoms with van der Waals surface area (Å²) in [6.07, 6.45) is -0.0999. The minimum Gasteiger partial charge on any atom is -0.367 e. The normalized spacial score (nSPS) is 18.3. The number of rotatable bonds is 7. The first kappa shape index (κ1) is 25.3. The SMILES string of the molecule is Cc1c(N(CCN)C2CCC(Nc3ncnc4sc(CC(F)(F)F)cc34)CC2)ccc2[nH]c(C#N)cc12. The van der Waals surface area contributed by atoms with Crippen LogP contribution in [0.15, 0.2) is 30.6 Å². The van der Waals surface area contributed by atoms with Crippen LogP contribution in [0, 0.1) is 18.3 Å². The monoisotopic (exact) mass is 527 g/mol. The summed E-state index contributed by atoms with van der Waals surface area (Å²) in [7, 11) is 0. The number of nitrogens with two attached hydrogens (primary N) is 1. The summed E-state index contributed by atoms with van der Waals surface area (Å²) in [5, 5.41) is 14.4. The Balaban J connectivity index is 1.30. The number of halogens is 3. The third-order valence-corrected chi connectivity index (χ3v) is 8.12. The van der Waals surface area contributed by atoms with Crippen LogP contribution in [-0.2, 0) is 6.42 Å². The van der Waals surface area contributed by atoms with E-state index >= 15 is 0 Å². The van der Waals surface area contributed by atoms with E-state index in [0.717, 1.165) is 65.7 Å². The summed E-state index contributed by atoms with van der Waals surface area (Å²) in [4.78, 5) is 14.8. The third kappa shape index (κ3) is 5.36. The molecule has 0 unspecified atom stereocenters. The Morgan fingerprint density at radius 1 is 1.19 bits per heavy atom. The Kier molecular flexibility index (Phi) is 6.96. The lowest BCUT2D eigenvalue weighted by Crippen LogP contribution is -2.43. The molecule has 194 valence electrons. The number of aromatic nitrogens is 3. The van der Waals surface area contributed by atoms with Gasteiger partial charge in [0.2, 0.25) is 0 Å². The molecule has 1 aliphatic carbocycles. The number of hydrogen-bond acceptors (Lipinski definition) is 7. The van der Waals surface area contributed by atoms with Gasteiger partial charge in [0.25, 0.3) is 0 Å². The lowest BCUT2D eigenvalue weighted by Gasteiger charge is -2.39. The van der Waals surface area contributed by atoms with Crippen LogP contribution in [0.5, 0.6) is 0 Å². The summed E-state index contributed by atoms with van der Waals surface area (Å²) in [6, 6.07) is 10.2. The zero-order valence-corrected chi connectivity index (χ0v) is 21.2. The second kappa shape index (κ2) is 10.2. The van der Waals surface area contributed by atoms with E-state index in [2.05, 4.69) is 44.2 Å². The Bertz CT molecular complexity index is 1440. The lowest BCUT2D eigenvalue weighted by atomic mass is 9.89. The van der Waals surface area contributed by atoms with Crippen molar-refractivity contribution in [2.75, 3.05) is 23.3 Å². The fourth-order valence-corrected chi connectivity index (χ4v) is 6.40. The second-order valence-electron chi connectivity index (χ2n) is 9.54. The first-order valence-electron chi connectivity index (χ1n) is 12.3. The first-order valence-corrected chi connectivity index (χ1v) is 13.1. The van der Waals surface area contributed by atoms with Crippen molar-refractivity contribution in [1.82, 2.24) is 15.0 Å². The molecule has 3 aromatic heterocycles. The molecule has 0 spiro atoms. The van der Waals surface area contributed by atoms with Crippen molar-refractivity contribution >= 4 is 44.0 Å². The van der Waals surface area contributed by atoms with Gasteiger partial charge in [0.15, 0.2) is 0 Å². The van der Waals surface area contributed by atoms with Crippen molar-refractivity contribution in [2.24, 2.45) is 5.73 Å². The molecule has 11 heteroatoms. The molecule has 3 heterocycles. The smallest absolute Gasteiger partial charge is 0.367 e. The number of aryl methyl sites for hydroxylation is 1. The van der Waals surface area contributed by atoms with Gasteiger partial charge in [0.05, 0.1) is 11.8 Å². The number of nitriles is 1. The van der Waals surface area contributed by atoms with E-state index in [4.69, 9.17) is 5.73 Å². The fraction of sp³-hybridized carbons (Fsp3) is 0.423. The van der Waals surface area contributed by atoms with Crippen LogP contribution < -0.4 is 16.0 Å².